The quantitative estimate of drug-likeness (QED) is 0.845. The van der Waals surface area contributed by atoms with Gasteiger partial charge in [-0.2, -0.15) is 5.10 Å². The van der Waals surface area contributed by atoms with Gasteiger partial charge in [0.2, 0.25) is 0 Å². The second kappa shape index (κ2) is 6.87. The number of rotatable bonds is 4. The number of hydrogen-bond acceptors (Lipinski definition) is 2. The molecule has 4 nitrogen and oxygen atoms in total. The molecule has 0 atom stereocenters. The molecule has 0 saturated heterocycles. The van der Waals surface area contributed by atoms with E-state index in [0.29, 0.717) is 15.7 Å². The lowest BCUT2D eigenvalue weighted by Gasteiger charge is -2.11. The summed E-state index contributed by atoms with van der Waals surface area (Å²) in [5.41, 5.74) is 1.15. The molecule has 2 rings (SSSR count). The maximum atomic E-state index is 13.7. The molecule has 7 heteroatoms. The van der Waals surface area contributed by atoms with Gasteiger partial charge in [-0.05, 0) is 38.2 Å². The summed E-state index contributed by atoms with van der Waals surface area (Å²) in [6, 6.07) is 4.86. The van der Waals surface area contributed by atoms with Crippen LogP contribution in [0.2, 0.25) is 5.02 Å². The van der Waals surface area contributed by atoms with Crippen molar-refractivity contribution >= 4 is 34.6 Å². The second-order valence-electron chi connectivity index (χ2n) is 4.88. The maximum Gasteiger partial charge on any atom is 0.171 e. The Bertz CT molecular complexity index is 621. The van der Waals surface area contributed by atoms with Crippen molar-refractivity contribution in [3.63, 3.8) is 0 Å². The van der Waals surface area contributed by atoms with E-state index in [1.54, 1.807) is 29.2 Å². The van der Waals surface area contributed by atoms with Crippen LogP contribution >= 0.6 is 23.8 Å². The first-order valence-corrected chi connectivity index (χ1v) is 7.27. The second-order valence-corrected chi connectivity index (χ2v) is 5.70. The topological polar surface area (TPSA) is 41.9 Å². The average Bonchev–Trinajstić information content (AvgIpc) is 2.80. The molecule has 0 saturated carbocycles. The van der Waals surface area contributed by atoms with Crippen LogP contribution in [0.3, 0.4) is 0 Å². The Labute approximate surface area is 133 Å². The summed E-state index contributed by atoms with van der Waals surface area (Å²) < 4.78 is 15.3. The number of nitrogens with one attached hydrogen (secondary N) is 2. The van der Waals surface area contributed by atoms with E-state index in [0.717, 1.165) is 5.69 Å². The number of hydrogen-bond donors (Lipinski definition) is 2. The van der Waals surface area contributed by atoms with E-state index in [4.69, 9.17) is 23.8 Å². The van der Waals surface area contributed by atoms with Crippen LogP contribution in [0.4, 0.5) is 10.1 Å². The van der Waals surface area contributed by atoms with Crippen molar-refractivity contribution in [3.8, 4) is 0 Å². The van der Waals surface area contributed by atoms with Gasteiger partial charge in [0.1, 0.15) is 5.82 Å². The van der Waals surface area contributed by atoms with Gasteiger partial charge in [-0.1, -0.05) is 17.7 Å². The first-order chi connectivity index (χ1) is 9.95. The van der Waals surface area contributed by atoms with Crippen LogP contribution in [0.15, 0.2) is 30.6 Å². The molecule has 0 fully saturated rings. The van der Waals surface area contributed by atoms with Crippen molar-refractivity contribution < 1.29 is 4.39 Å². The molecular weight excluding hydrogens is 311 g/mol. The van der Waals surface area contributed by atoms with Crippen molar-refractivity contribution in [2.45, 2.75) is 26.4 Å². The minimum absolute atomic E-state index is 0.247. The van der Waals surface area contributed by atoms with Crippen LogP contribution < -0.4 is 10.6 Å². The summed E-state index contributed by atoms with van der Waals surface area (Å²) in [6.07, 6.45) is 3.38. The third kappa shape index (κ3) is 4.41. The number of benzene rings is 1. The predicted octanol–water partition coefficient (Wildman–Crippen LogP) is 3.42. The zero-order valence-corrected chi connectivity index (χ0v) is 13.3. The van der Waals surface area contributed by atoms with Crippen molar-refractivity contribution in [2.24, 2.45) is 0 Å². The standard InChI is InChI=1S/C14H16ClFN4S/c1-9(2)18-14(21)19-10-6-17-20(7-10)8-11-12(15)4-3-5-13(11)16/h3-7,9H,8H2,1-2H3,(H2,18,19,21). The van der Waals surface area contributed by atoms with Gasteiger partial charge in [0, 0.05) is 22.8 Å². The first-order valence-electron chi connectivity index (χ1n) is 6.48. The van der Waals surface area contributed by atoms with Gasteiger partial charge in [-0.15, -0.1) is 0 Å². The molecule has 1 heterocycles. The van der Waals surface area contributed by atoms with Gasteiger partial charge < -0.3 is 10.6 Å². The van der Waals surface area contributed by atoms with Crippen LogP contribution in [0.1, 0.15) is 19.4 Å². The van der Waals surface area contributed by atoms with Gasteiger partial charge in [-0.25, -0.2) is 4.39 Å². The first kappa shape index (κ1) is 15.7. The lowest BCUT2D eigenvalue weighted by atomic mass is 10.2. The summed E-state index contributed by atoms with van der Waals surface area (Å²) in [4.78, 5) is 0. The molecule has 2 aromatic rings. The Morgan fingerprint density at radius 1 is 1.48 bits per heavy atom. The summed E-state index contributed by atoms with van der Waals surface area (Å²) in [6.45, 7) is 4.26. The molecule has 112 valence electrons. The van der Waals surface area contributed by atoms with Gasteiger partial charge in [0.15, 0.2) is 5.11 Å². The molecule has 0 bridgehead atoms. The van der Waals surface area contributed by atoms with Gasteiger partial charge in [0.25, 0.3) is 0 Å². The minimum atomic E-state index is -0.343. The van der Waals surface area contributed by atoms with Gasteiger partial charge in [-0.3, -0.25) is 4.68 Å². The minimum Gasteiger partial charge on any atom is -0.360 e. The Morgan fingerprint density at radius 2 is 2.24 bits per heavy atom. The lowest BCUT2D eigenvalue weighted by molar-refractivity contribution is 0.585. The van der Waals surface area contributed by atoms with Crippen molar-refractivity contribution in [2.75, 3.05) is 5.32 Å². The number of aromatic nitrogens is 2. The van der Waals surface area contributed by atoms with Crippen LogP contribution in [0.5, 0.6) is 0 Å². The number of halogens is 2. The van der Waals surface area contributed by atoms with E-state index < -0.39 is 0 Å². The number of thiocarbonyl (C=S) groups is 1. The number of anilines is 1. The molecule has 0 amide bonds. The summed E-state index contributed by atoms with van der Waals surface area (Å²) in [5, 5.41) is 11.2. The smallest absolute Gasteiger partial charge is 0.171 e. The predicted molar refractivity (Wildman–Crippen MR) is 87.2 cm³/mol. The van der Waals surface area contributed by atoms with E-state index in [1.165, 1.54) is 6.07 Å². The van der Waals surface area contributed by atoms with Crippen LogP contribution in [-0.2, 0) is 6.54 Å². The fraction of sp³-hybridized carbons (Fsp3) is 0.286. The zero-order chi connectivity index (χ0) is 15.4. The Balaban J connectivity index is 2.05. The molecule has 0 aliphatic carbocycles. The Kier molecular flexibility index (Phi) is 5.14. The summed E-state index contributed by atoms with van der Waals surface area (Å²) >= 11 is 11.2. The van der Waals surface area contributed by atoms with Crippen molar-refractivity contribution in [1.29, 1.82) is 0 Å². The molecule has 21 heavy (non-hydrogen) atoms. The molecule has 0 spiro atoms. The zero-order valence-electron chi connectivity index (χ0n) is 11.7. The molecule has 0 aliphatic heterocycles. The van der Waals surface area contributed by atoms with E-state index >= 15 is 0 Å². The van der Waals surface area contributed by atoms with Gasteiger partial charge in [0.05, 0.1) is 18.4 Å². The SMILES string of the molecule is CC(C)NC(=S)Nc1cnn(Cc2c(F)cccc2Cl)c1. The fourth-order valence-electron chi connectivity index (χ4n) is 1.79. The molecule has 0 unspecified atom stereocenters. The molecule has 1 aromatic heterocycles. The van der Waals surface area contributed by atoms with E-state index in [9.17, 15) is 4.39 Å². The normalized spacial score (nSPS) is 10.7. The van der Waals surface area contributed by atoms with Crippen LogP contribution in [-0.4, -0.2) is 20.9 Å². The molecule has 0 aliphatic rings. The van der Waals surface area contributed by atoms with E-state index in [2.05, 4.69) is 15.7 Å². The monoisotopic (exact) mass is 326 g/mol. The van der Waals surface area contributed by atoms with Crippen LogP contribution in [0, 0.1) is 5.82 Å². The number of nitrogens with zero attached hydrogens (tertiary/aromatic N) is 2. The molecule has 0 radical (unpaired) electrons. The third-order valence-electron chi connectivity index (χ3n) is 2.69. The van der Waals surface area contributed by atoms with E-state index in [1.807, 2.05) is 13.8 Å². The highest BCUT2D eigenvalue weighted by atomic mass is 35.5. The van der Waals surface area contributed by atoms with E-state index in [-0.39, 0.29) is 18.4 Å². The third-order valence-corrected chi connectivity index (χ3v) is 3.27. The maximum absolute atomic E-state index is 13.7. The lowest BCUT2D eigenvalue weighted by Crippen LogP contribution is -2.33. The molecular formula is C14H16ClFN4S. The highest BCUT2D eigenvalue weighted by Gasteiger charge is 2.09. The largest absolute Gasteiger partial charge is 0.360 e. The van der Waals surface area contributed by atoms with Gasteiger partial charge >= 0.3 is 0 Å². The fourth-order valence-corrected chi connectivity index (χ4v) is 2.37. The summed E-state index contributed by atoms with van der Waals surface area (Å²) in [5.74, 6) is -0.343. The molecule has 2 N–H and O–H groups in total. The van der Waals surface area contributed by atoms with Crippen molar-refractivity contribution in [1.82, 2.24) is 15.1 Å². The molecule has 1 aromatic carbocycles. The highest BCUT2D eigenvalue weighted by molar-refractivity contribution is 7.80. The Morgan fingerprint density at radius 3 is 2.90 bits per heavy atom. The highest BCUT2D eigenvalue weighted by Crippen LogP contribution is 2.20. The van der Waals surface area contributed by atoms with Crippen LogP contribution in [0.25, 0.3) is 0 Å². The average molecular weight is 327 g/mol. The summed E-state index contributed by atoms with van der Waals surface area (Å²) in [7, 11) is 0. The Hall–Kier alpha value is -1.66. The van der Waals surface area contributed by atoms with Crippen molar-refractivity contribution in [3.05, 3.63) is 47.0 Å².